The molecule has 2 aromatic heterocycles. The number of aliphatic imine (C=N–C) groups is 1. The Balaban J connectivity index is 1.31. The predicted molar refractivity (Wildman–Crippen MR) is 125 cm³/mol. The van der Waals surface area contributed by atoms with Crippen molar-refractivity contribution in [2.45, 2.75) is 19.4 Å². The van der Waals surface area contributed by atoms with Gasteiger partial charge in [0.05, 0.1) is 4.88 Å². The van der Waals surface area contributed by atoms with Crippen LogP contribution in [0, 0.1) is 6.92 Å². The number of pyridine rings is 1. The normalized spacial score (nSPS) is 19.2. The Morgan fingerprint density at radius 2 is 2.23 bits per heavy atom. The number of hydrogen-bond acceptors (Lipinski definition) is 8. The van der Waals surface area contributed by atoms with Crippen molar-refractivity contribution in [1.82, 2.24) is 14.9 Å². The topological polar surface area (TPSA) is 82.9 Å². The molecule has 1 atom stereocenters. The van der Waals surface area contributed by atoms with Crippen molar-refractivity contribution >= 4 is 45.8 Å². The number of aromatic hydroxyl groups is 1. The van der Waals surface area contributed by atoms with Crippen molar-refractivity contribution in [2.75, 3.05) is 25.5 Å². The maximum atomic E-state index is 10.3. The summed E-state index contributed by atoms with van der Waals surface area (Å²) in [5, 5.41) is 14.3. The zero-order valence-corrected chi connectivity index (χ0v) is 18.2. The minimum Gasteiger partial charge on any atom is -0.492 e. The first kappa shape index (κ1) is 19.7. The third kappa shape index (κ3) is 4.17. The summed E-state index contributed by atoms with van der Waals surface area (Å²) in [7, 11) is 2.12. The van der Waals surface area contributed by atoms with Gasteiger partial charge in [-0.05, 0) is 62.4 Å². The molecule has 1 unspecified atom stereocenters. The fourth-order valence-electron chi connectivity index (χ4n) is 3.80. The van der Waals surface area contributed by atoms with Crippen LogP contribution in [0.4, 0.5) is 16.6 Å². The lowest BCUT2D eigenvalue weighted by Gasteiger charge is -2.15. The number of likely N-dealkylation sites (N-methyl/N-ethyl adjacent to an activating group) is 1. The van der Waals surface area contributed by atoms with Gasteiger partial charge in [-0.25, -0.2) is 9.98 Å². The van der Waals surface area contributed by atoms with E-state index < -0.39 is 0 Å². The Hall–Kier alpha value is -3.23. The zero-order valence-electron chi connectivity index (χ0n) is 17.4. The SMILES string of the molecule is Cc1cc(OC2CCN(C)C2)ccc1Nc1nc(O)c(C=C2C=Nc3ncccc32)s1. The molecule has 2 aliphatic heterocycles. The molecule has 0 bridgehead atoms. The van der Waals surface area contributed by atoms with Crippen LogP contribution in [-0.4, -0.2) is 52.4 Å². The van der Waals surface area contributed by atoms with Crippen molar-refractivity contribution in [3.05, 3.63) is 52.5 Å². The number of allylic oxidation sites excluding steroid dienone is 1. The Bertz CT molecular complexity index is 1190. The number of ether oxygens (including phenoxy) is 1. The lowest BCUT2D eigenvalue weighted by atomic mass is 10.1. The molecule has 0 aliphatic carbocycles. The van der Waals surface area contributed by atoms with Crippen molar-refractivity contribution in [1.29, 1.82) is 0 Å². The van der Waals surface area contributed by atoms with Crippen LogP contribution in [0.25, 0.3) is 11.6 Å². The smallest absolute Gasteiger partial charge is 0.231 e. The summed E-state index contributed by atoms with van der Waals surface area (Å²) in [6, 6.07) is 9.85. The van der Waals surface area contributed by atoms with E-state index in [-0.39, 0.29) is 12.0 Å². The number of aryl methyl sites for hydroxylation is 1. The van der Waals surface area contributed by atoms with Crippen molar-refractivity contribution in [3.8, 4) is 11.6 Å². The summed E-state index contributed by atoms with van der Waals surface area (Å²) in [4.78, 5) is 15.8. The molecule has 0 radical (unpaired) electrons. The second-order valence-corrected chi connectivity index (χ2v) is 8.86. The molecule has 1 saturated heterocycles. The quantitative estimate of drug-likeness (QED) is 0.610. The van der Waals surface area contributed by atoms with Gasteiger partial charge in [-0.2, -0.15) is 4.98 Å². The molecule has 7 nitrogen and oxygen atoms in total. The number of likely N-dealkylation sites (tertiary alicyclic amines) is 1. The average molecular weight is 434 g/mol. The number of rotatable bonds is 5. The van der Waals surface area contributed by atoms with Crippen LogP contribution in [0.1, 0.15) is 22.4 Å². The standard InChI is InChI=1S/C23H23N5O2S/c1-14-10-16(30-17-7-9-28(2)13-17)5-6-19(14)26-23-27-22(29)20(31-23)11-15-12-25-21-18(15)4-3-8-24-21/h3-6,8,10-12,17,29H,7,9,13H2,1-2H3,(H,26,27). The molecule has 0 amide bonds. The Morgan fingerprint density at radius 3 is 3.03 bits per heavy atom. The summed E-state index contributed by atoms with van der Waals surface area (Å²) in [5.41, 5.74) is 3.84. The highest BCUT2D eigenvalue weighted by atomic mass is 32.1. The lowest BCUT2D eigenvalue weighted by molar-refractivity contribution is 0.208. The van der Waals surface area contributed by atoms with Crippen LogP contribution in [0.3, 0.4) is 0 Å². The van der Waals surface area contributed by atoms with E-state index in [1.807, 2.05) is 43.3 Å². The number of fused-ring (bicyclic) bond motifs is 1. The highest BCUT2D eigenvalue weighted by Crippen LogP contribution is 2.37. The molecular formula is C23H23N5O2S. The van der Waals surface area contributed by atoms with Gasteiger partial charge in [0.1, 0.15) is 11.9 Å². The van der Waals surface area contributed by atoms with E-state index in [4.69, 9.17) is 4.74 Å². The van der Waals surface area contributed by atoms with E-state index in [9.17, 15) is 5.11 Å². The molecule has 3 aromatic rings. The molecule has 0 spiro atoms. The fraction of sp³-hybridized carbons (Fsp3) is 0.261. The number of anilines is 2. The first-order valence-corrected chi connectivity index (χ1v) is 11.0. The van der Waals surface area contributed by atoms with E-state index >= 15 is 0 Å². The molecule has 1 fully saturated rings. The van der Waals surface area contributed by atoms with Gasteiger partial charge >= 0.3 is 0 Å². The van der Waals surface area contributed by atoms with Gasteiger partial charge in [0.15, 0.2) is 10.9 Å². The maximum Gasteiger partial charge on any atom is 0.231 e. The van der Waals surface area contributed by atoms with Crippen molar-refractivity contribution in [3.63, 3.8) is 0 Å². The third-order valence-corrected chi connectivity index (χ3v) is 6.34. The zero-order chi connectivity index (χ0) is 21.4. The molecule has 31 heavy (non-hydrogen) atoms. The second kappa shape index (κ2) is 8.13. The van der Waals surface area contributed by atoms with E-state index in [2.05, 4.69) is 32.2 Å². The summed E-state index contributed by atoms with van der Waals surface area (Å²) >= 11 is 1.39. The number of nitrogens with zero attached hydrogens (tertiary/aromatic N) is 4. The predicted octanol–water partition coefficient (Wildman–Crippen LogP) is 4.64. The first-order valence-electron chi connectivity index (χ1n) is 10.2. The van der Waals surface area contributed by atoms with Crippen LogP contribution in [0.5, 0.6) is 11.6 Å². The van der Waals surface area contributed by atoms with Crippen LogP contribution < -0.4 is 10.1 Å². The minimum atomic E-state index is -0.00583. The number of aromatic nitrogens is 2. The molecule has 0 saturated carbocycles. The maximum absolute atomic E-state index is 10.3. The molecule has 2 aliphatic rings. The van der Waals surface area contributed by atoms with Gasteiger partial charge < -0.3 is 20.1 Å². The van der Waals surface area contributed by atoms with Gasteiger partial charge in [0, 0.05) is 42.3 Å². The Labute approximate surface area is 184 Å². The molecular weight excluding hydrogens is 410 g/mol. The Morgan fingerprint density at radius 1 is 1.32 bits per heavy atom. The number of hydrogen-bond donors (Lipinski definition) is 2. The summed E-state index contributed by atoms with van der Waals surface area (Å²) < 4.78 is 6.11. The monoisotopic (exact) mass is 433 g/mol. The van der Waals surface area contributed by atoms with Gasteiger partial charge in [-0.15, -0.1) is 0 Å². The molecule has 5 rings (SSSR count). The van der Waals surface area contributed by atoms with Crippen molar-refractivity contribution < 1.29 is 9.84 Å². The van der Waals surface area contributed by atoms with Gasteiger partial charge in [-0.1, -0.05) is 11.3 Å². The molecule has 1 aromatic carbocycles. The third-order valence-electron chi connectivity index (χ3n) is 5.43. The average Bonchev–Trinajstić information content (AvgIpc) is 3.44. The molecule has 158 valence electrons. The first-order chi connectivity index (χ1) is 15.0. The highest BCUT2D eigenvalue weighted by Gasteiger charge is 2.21. The molecule has 8 heteroatoms. The van der Waals surface area contributed by atoms with E-state index in [0.29, 0.717) is 15.8 Å². The van der Waals surface area contributed by atoms with Crippen molar-refractivity contribution in [2.24, 2.45) is 4.99 Å². The second-order valence-electron chi connectivity index (χ2n) is 7.83. The molecule has 2 N–H and O–H groups in total. The van der Waals surface area contributed by atoms with E-state index in [1.165, 1.54) is 11.3 Å². The number of nitrogens with one attached hydrogen (secondary N) is 1. The largest absolute Gasteiger partial charge is 0.492 e. The Kier molecular flexibility index (Phi) is 5.17. The van der Waals surface area contributed by atoms with E-state index in [1.54, 1.807) is 12.4 Å². The highest BCUT2D eigenvalue weighted by molar-refractivity contribution is 7.16. The number of benzene rings is 1. The van der Waals surface area contributed by atoms with Crippen LogP contribution >= 0.6 is 11.3 Å². The molecule has 4 heterocycles. The van der Waals surface area contributed by atoms with Crippen LogP contribution in [-0.2, 0) is 0 Å². The van der Waals surface area contributed by atoms with Gasteiger partial charge in [0.25, 0.3) is 0 Å². The summed E-state index contributed by atoms with van der Waals surface area (Å²) in [6.45, 7) is 4.06. The minimum absolute atomic E-state index is 0.00583. The van der Waals surface area contributed by atoms with Crippen LogP contribution in [0.15, 0.2) is 41.5 Å². The van der Waals surface area contributed by atoms with Gasteiger partial charge in [-0.3, -0.25) is 0 Å². The summed E-state index contributed by atoms with van der Waals surface area (Å²) in [6.07, 6.45) is 6.66. The van der Waals surface area contributed by atoms with Gasteiger partial charge in [0.2, 0.25) is 5.88 Å². The van der Waals surface area contributed by atoms with E-state index in [0.717, 1.165) is 47.6 Å². The summed E-state index contributed by atoms with van der Waals surface area (Å²) in [5.74, 6) is 1.57. The number of thiazole rings is 1. The fourth-order valence-corrected chi connectivity index (χ4v) is 4.63. The van der Waals surface area contributed by atoms with Crippen LogP contribution in [0.2, 0.25) is 0 Å². The lowest BCUT2D eigenvalue weighted by Crippen LogP contribution is -2.21.